The highest BCUT2D eigenvalue weighted by Crippen LogP contribution is 2.31. The lowest BCUT2D eigenvalue weighted by Gasteiger charge is -2.30. The van der Waals surface area contributed by atoms with Crippen LogP contribution in [0.5, 0.6) is 0 Å². The van der Waals surface area contributed by atoms with E-state index in [0.717, 1.165) is 31.5 Å². The summed E-state index contributed by atoms with van der Waals surface area (Å²) in [5.74, 6) is 0.0684. The van der Waals surface area contributed by atoms with E-state index < -0.39 is 0 Å². The van der Waals surface area contributed by atoms with Gasteiger partial charge in [0, 0.05) is 5.56 Å². The monoisotopic (exact) mass is 383 g/mol. The van der Waals surface area contributed by atoms with Gasteiger partial charge in [0.2, 0.25) is 0 Å². The van der Waals surface area contributed by atoms with Gasteiger partial charge in [-0.2, -0.15) is 0 Å². The first-order chi connectivity index (χ1) is 13.7. The van der Waals surface area contributed by atoms with Gasteiger partial charge in [-0.05, 0) is 60.1 Å². The van der Waals surface area contributed by atoms with Gasteiger partial charge in [0.25, 0.3) is 0 Å². The SMILES string of the molecule is Fc1ccc(Cn2nnnc2[C@H](c2ccccc2F)N2CCCCCC2)cc1. The number of likely N-dealkylation sites (tertiary alicyclic amines) is 1. The first-order valence-electron chi connectivity index (χ1n) is 9.71. The number of benzene rings is 2. The molecule has 146 valence electrons. The summed E-state index contributed by atoms with van der Waals surface area (Å²) in [6.07, 6.45) is 4.51. The molecule has 1 aliphatic rings. The summed E-state index contributed by atoms with van der Waals surface area (Å²) in [6.45, 7) is 2.16. The van der Waals surface area contributed by atoms with E-state index in [-0.39, 0.29) is 17.7 Å². The van der Waals surface area contributed by atoms with E-state index in [1.165, 1.54) is 31.0 Å². The Hall–Kier alpha value is -2.67. The van der Waals surface area contributed by atoms with E-state index in [4.69, 9.17) is 0 Å². The lowest BCUT2D eigenvalue weighted by Crippen LogP contribution is -2.33. The maximum atomic E-state index is 14.7. The van der Waals surface area contributed by atoms with Crippen molar-refractivity contribution >= 4 is 0 Å². The van der Waals surface area contributed by atoms with Crippen molar-refractivity contribution in [3.8, 4) is 0 Å². The molecule has 1 saturated heterocycles. The van der Waals surface area contributed by atoms with E-state index in [9.17, 15) is 8.78 Å². The van der Waals surface area contributed by atoms with E-state index >= 15 is 0 Å². The molecule has 1 aromatic heterocycles. The largest absolute Gasteiger partial charge is 0.290 e. The van der Waals surface area contributed by atoms with E-state index in [1.54, 1.807) is 22.9 Å². The molecule has 2 heterocycles. The fourth-order valence-corrected chi connectivity index (χ4v) is 3.83. The van der Waals surface area contributed by atoms with E-state index in [1.807, 2.05) is 12.1 Å². The van der Waals surface area contributed by atoms with E-state index in [2.05, 4.69) is 20.4 Å². The Kier molecular flexibility index (Phi) is 5.71. The van der Waals surface area contributed by atoms with Crippen LogP contribution in [0.25, 0.3) is 0 Å². The van der Waals surface area contributed by atoms with Crippen LogP contribution in [0.4, 0.5) is 8.78 Å². The van der Waals surface area contributed by atoms with Gasteiger partial charge >= 0.3 is 0 Å². The number of tetrazole rings is 1. The Morgan fingerprint density at radius 3 is 2.32 bits per heavy atom. The van der Waals surface area contributed by atoms with Crippen LogP contribution in [0.2, 0.25) is 0 Å². The van der Waals surface area contributed by atoms with Crippen molar-refractivity contribution in [2.45, 2.75) is 38.3 Å². The molecule has 2 aromatic carbocycles. The topological polar surface area (TPSA) is 46.8 Å². The van der Waals surface area contributed by atoms with Gasteiger partial charge in [-0.3, -0.25) is 4.90 Å². The maximum absolute atomic E-state index is 14.7. The first kappa shape index (κ1) is 18.7. The molecule has 28 heavy (non-hydrogen) atoms. The van der Waals surface area contributed by atoms with Gasteiger partial charge in [0.1, 0.15) is 17.7 Å². The third-order valence-electron chi connectivity index (χ3n) is 5.26. The van der Waals surface area contributed by atoms with Gasteiger partial charge in [-0.15, -0.1) is 5.10 Å². The molecule has 0 unspecified atom stereocenters. The van der Waals surface area contributed by atoms with Crippen molar-refractivity contribution in [2.75, 3.05) is 13.1 Å². The van der Waals surface area contributed by atoms with Crippen LogP contribution >= 0.6 is 0 Å². The number of hydrogen-bond donors (Lipinski definition) is 0. The predicted octanol–water partition coefficient (Wildman–Crippen LogP) is 3.97. The smallest absolute Gasteiger partial charge is 0.173 e. The third-order valence-corrected chi connectivity index (χ3v) is 5.26. The summed E-state index contributed by atoms with van der Waals surface area (Å²) in [6, 6.07) is 12.7. The van der Waals surface area contributed by atoms with Crippen LogP contribution in [0.3, 0.4) is 0 Å². The molecule has 1 atom stereocenters. The first-order valence-corrected chi connectivity index (χ1v) is 9.71. The Morgan fingerprint density at radius 1 is 0.893 bits per heavy atom. The predicted molar refractivity (Wildman–Crippen MR) is 102 cm³/mol. The van der Waals surface area contributed by atoms with Crippen LogP contribution < -0.4 is 0 Å². The van der Waals surface area contributed by atoms with Crippen LogP contribution in [-0.4, -0.2) is 38.2 Å². The van der Waals surface area contributed by atoms with Crippen molar-refractivity contribution in [1.82, 2.24) is 25.1 Å². The minimum Gasteiger partial charge on any atom is -0.290 e. The highest BCUT2D eigenvalue weighted by Gasteiger charge is 2.30. The lowest BCUT2D eigenvalue weighted by atomic mass is 10.0. The molecular weight excluding hydrogens is 360 g/mol. The van der Waals surface area contributed by atoms with Crippen LogP contribution in [-0.2, 0) is 6.54 Å². The third kappa shape index (κ3) is 4.09. The minimum absolute atomic E-state index is 0.256. The van der Waals surface area contributed by atoms with Crippen molar-refractivity contribution in [3.63, 3.8) is 0 Å². The molecule has 0 radical (unpaired) electrons. The molecule has 7 heteroatoms. The minimum atomic E-state index is -0.352. The zero-order chi connectivity index (χ0) is 19.3. The molecule has 0 saturated carbocycles. The Labute approximate surface area is 163 Å². The van der Waals surface area contributed by atoms with Crippen LogP contribution in [0.1, 0.15) is 48.7 Å². The number of halogens is 2. The van der Waals surface area contributed by atoms with Gasteiger partial charge < -0.3 is 0 Å². The molecule has 1 fully saturated rings. The zero-order valence-electron chi connectivity index (χ0n) is 15.6. The molecule has 4 rings (SSSR count). The molecule has 0 aliphatic carbocycles. The van der Waals surface area contributed by atoms with Gasteiger partial charge in [-0.1, -0.05) is 43.2 Å². The standard InChI is InChI=1S/C21H23F2N5/c22-17-11-9-16(10-12-17)15-28-21(24-25-26-28)20(18-7-3-4-8-19(18)23)27-13-5-1-2-6-14-27/h3-4,7-12,20H,1-2,5-6,13-15H2/t20-/m0/s1. The average Bonchev–Trinajstić information content (AvgIpc) is 2.97. The fourth-order valence-electron chi connectivity index (χ4n) is 3.83. The molecule has 0 amide bonds. The molecule has 3 aromatic rings. The molecule has 5 nitrogen and oxygen atoms in total. The highest BCUT2D eigenvalue weighted by atomic mass is 19.1. The summed E-state index contributed by atoms with van der Waals surface area (Å²) in [5, 5.41) is 12.3. The average molecular weight is 383 g/mol. The van der Waals surface area contributed by atoms with Crippen LogP contribution in [0.15, 0.2) is 48.5 Å². The van der Waals surface area contributed by atoms with Gasteiger partial charge in [-0.25, -0.2) is 13.5 Å². The molecule has 0 spiro atoms. The van der Waals surface area contributed by atoms with Crippen LogP contribution in [0, 0.1) is 11.6 Å². The summed E-state index contributed by atoms with van der Waals surface area (Å²) >= 11 is 0. The number of hydrogen-bond acceptors (Lipinski definition) is 4. The Morgan fingerprint density at radius 2 is 1.61 bits per heavy atom. The second kappa shape index (κ2) is 8.56. The maximum Gasteiger partial charge on any atom is 0.173 e. The number of aromatic nitrogens is 4. The summed E-state index contributed by atoms with van der Waals surface area (Å²) in [4.78, 5) is 2.28. The molecule has 0 N–H and O–H groups in total. The molecule has 1 aliphatic heterocycles. The zero-order valence-corrected chi connectivity index (χ0v) is 15.6. The van der Waals surface area contributed by atoms with Crippen molar-refractivity contribution in [1.29, 1.82) is 0 Å². The molecule has 0 bridgehead atoms. The van der Waals surface area contributed by atoms with Crippen molar-refractivity contribution < 1.29 is 8.78 Å². The normalized spacial score (nSPS) is 16.6. The van der Waals surface area contributed by atoms with E-state index in [0.29, 0.717) is 17.9 Å². The number of rotatable bonds is 5. The van der Waals surface area contributed by atoms with Gasteiger partial charge in [0.05, 0.1) is 6.54 Å². The lowest BCUT2D eigenvalue weighted by molar-refractivity contribution is 0.218. The van der Waals surface area contributed by atoms with Gasteiger partial charge in [0.15, 0.2) is 5.82 Å². The quantitative estimate of drug-likeness (QED) is 0.669. The second-order valence-electron chi connectivity index (χ2n) is 7.20. The summed E-state index contributed by atoms with van der Waals surface area (Å²) < 4.78 is 29.7. The number of nitrogens with zero attached hydrogens (tertiary/aromatic N) is 5. The summed E-state index contributed by atoms with van der Waals surface area (Å²) in [5.41, 5.74) is 1.47. The Balaban J connectivity index is 1.72. The highest BCUT2D eigenvalue weighted by molar-refractivity contribution is 5.27. The fraction of sp³-hybridized carbons (Fsp3) is 0.381. The second-order valence-corrected chi connectivity index (χ2v) is 7.20. The van der Waals surface area contributed by atoms with Crippen molar-refractivity contribution in [3.05, 3.63) is 77.1 Å². The van der Waals surface area contributed by atoms with Crippen molar-refractivity contribution in [2.24, 2.45) is 0 Å². The summed E-state index contributed by atoms with van der Waals surface area (Å²) in [7, 11) is 0. The Bertz CT molecular complexity index is 901. The molecular formula is C21H23F2N5.